The molecule has 2 heterocycles. The summed E-state index contributed by atoms with van der Waals surface area (Å²) in [5.74, 6) is 0.550. The van der Waals surface area contributed by atoms with E-state index in [0.717, 1.165) is 16.8 Å². The van der Waals surface area contributed by atoms with Crippen molar-refractivity contribution in [1.29, 1.82) is 0 Å². The maximum absolute atomic E-state index is 13.1. The molecule has 7 nitrogen and oxygen atoms in total. The van der Waals surface area contributed by atoms with Crippen LogP contribution >= 0.6 is 0 Å². The summed E-state index contributed by atoms with van der Waals surface area (Å²) in [7, 11) is 0. The van der Waals surface area contributed by atoms with E-state index in [9.17, 15) is 9.59 Å². The van der Waals surface area contributed by atoms with Crippen molar-refractivity contribution in [2.45, 2.75) is 20.4 Å². The van der Waals surface area contributed by atoms with Gasteiger partial charge in [0.2, 0.25) is 5.89 Å². The van der Waals surface area contributed by atoms with Crippen LogP contribution < -0.4 is 10.9 Å². The highest BCUT2D eigenvalue weighted by Crippen LogP contribution is 2.31. The molecule has 0 atom stereocenters. The number of nitrogens with zero attached hydrogens (tertiary/aromatic N) is 2. The Balaban J connectivity index is 1.80. The first kappa shape index (κ1) is 19.3. The minimum Gasteiger partial charge on any atom is -0.444 e. The predicted octanol–water partition coefficient (Wildman–Crippen LogP) is 3.64. The molecule has 0 fully saturated rings. The van der Waals surface area contributed by atoms with E-state index >= 15 is 0 Å². The maximum atomic E-state index is 13.1. The number of benzene rings is 2. The van der Waals surface area contributed by atoms with Gasteiger partial charge in [-0.2, -0.15) is 5.10 Å². The van der Waals surface area contributed by atoms with Gasteiger partial charge in [-0.3, -0.25) is 9.59 Å². The van der Waals surface area contributed by atoms with E-state index < -0.39 is 11.5 Å². The maximum Gasteiger partial charge on any atom is 0.277 e. The summed E-state index contributed by atoms with van der Waals surface area (Å²) in [5, 5.41) is 9.46. The zero-order valence-corrected chi connectivity index (χ0v) is 16.6. The van der Waals surface area contributed by atoms with Gasteiger partial charge >= 0.3 is 0 Å². The Morgan fingerprint density at radius 2 is 1.63 bits per heavy atom. The average Bonchev–Trinajstić information content (AvgIpc) is 3.10. The van der Waals surface area contributed by atoms with Crippen LogP contribution in [0, 0.1) is 13.8 Å². The molecule has 30 heavy (non-hydrogen) atoms. The highest BCUT2D eigenvalue weighted by Gasteiger charge is 2.23. The van der Waals surface area contributed by atoms with Crippen molar-refractivity contribution in [2.75, 3.05) is 0 Å². The molecule has 0 aliphatic rings. The molecule has 7 heteroatoms. The first-order valence-electron chi connectivity index (χ1n) is 9.49. The van der Waals surface area contributed by atoms with Gasteiger partial charge in [0.1, 0.15) is 11.3 Å². The van der Waals surface area contributed by atoms with Crippen molar-refractivity contribution in [3.8, 4) is 22.4 Å². The van der Waals surface area contributed by atoms with Gasteiger partial charge in [-0.15, -0.1) is 0 Å². The zero-order chi connectivity index (χ0) is 21.1. The molecule has 150 valence electrons. The van der Waals surface area contributed by atoms with Crippen molar-refractivity contribution in [3.05, 3.63) is 93.9 Å². The van der Waals surface area contributed by atoms with Gasteiger partial charge in [0.15, 0.2) is 0 Å². The summed E-state index contributed by atoms with van der Waals surface area (Å²) in [6, 6.07) is 18.7. The Morgan fingerprint density at radius 3 is 2.23 bits per heavy atom. The lowest BCUT2D eigenvalue weighted by molar-refractivity contribution is 0.0946. The van der Waals surface area contributed by atoms with Crippen LogP contribution in [0.4, 0.5) is 0 Å². The molecule has 0 unspecified atom stereocenters. The van der Waals surface area contributed by atoms with E-state index in [1.165, 1.54) is 0 Å². The molecule has 0 saturated heterocycles. The normalized spacial score (nSPS) is 10.7. The van der Waals surface area contributed by atoms with Crippen molar-refractivity contribution in [1.82, 2.24) is 20.5 Å². The molecular weight excluding hydrogens is 380 g/mol. The lowest BCUT2D eigenvalue weighted by Crippen LogP contribution is -2.31. The van der Waals surface area contributed by atoms with E-state index in [0.29, 0.717) is 22.9 Å². The van der Waals surface area contributed by atoms with Crippen LogP contribution in [-0.4, -0.2) is 21.1 Å². The number of hydrogen-bond donors (Lipinski definition) is 2. The standard InChI is InChI=1S/C23H20N4O3/c1-14-15(2)30-18(25-14)13-24-22(28)20-19(16-9-5-3-6-10-16)21(26-27-23(20)29)17-11-7-4-8-12-17/h3-12H,13H2,1-2H3,(H,24,28)(H,27,29). The number of H-pyrrole nitrogens is 1. The van der Waals surface area contributed by atoms with Crippen LogP contribution in [0.15, 0.2) is 69.9 Å². The summed E-state index contributed by atoms with van der Waals surface area (Å²) in [6.45, 7) is 3.71. The molecule has 0 radical (unpaired) electrons. The Hall–Kier alpha value is -4.00. The van der Waals surface area contributed by atoms with Crippen LogP contribution in [0.5, 0.6) is 0 Å². The first-order chi connectivity index (χ1) is 14.5. The van der Waals surface area contributed by atoms with Crippen LogP contribution in [0.3, 0.4) is 0 Å². The Morgan fingerprint density at radius 1 is 1.00 bits per heavy atom. The molecular formula is C23H20N4O3. The van der Waals surface area contributed by atoms with E-state index in [4.69, 9.17) is 4.42 Å². The highest BCUT2D eigenvalue weighted by molar-refractivity contribution is 6.03. The number of hydrogen-bond acceptors (Lipinski definition) is 5. The third-order valence-corrected chi connectivity index (χ3v) is 4.79. The topological polar surface area (TPSA) is 101 Å². The second-order valence-corrected chi connectivity index (χ2v) is 6.82. The molecule has 0 aliphatic heterocycles. The predicted molar refractivity (Wildman–Crippen MR) is 113 cm³/mol. The fraction of sp³-hybridized carbons (Fsp3) is 0.130. The number of aryl methyl sites for hydroxylation is 2. The lowest BCUT2D eigenvalue weighted by Gasteiger charge is -2.13. The number of amides is 1. The number of rotatable bonds is 5. The van der Waals surface area contributed by atoms with Crippen molar-refractivity contribution in [2.24, 2.45) is 0 Å². The largest absolute Gasteiger partial charge is 0.444 e. The van der Waals surface area contributed by atoms with E-state index in [1.807, 2.05) is 67.6 Å². The fourth-order valence-electron chi connectivity index (χ4n) is 3.22. The number of carbonyl (C=O) groups excluding carboxylic acids is 1. The minimum absolute atomic E-state index is 0.00458. The Kier molecular flexibility index (Phi) is 5.26. The van der Waals surface area contributed by atoms with Crippen LogP contribution in [-0.2, 0) is 6.54 Å². The van der Waals surface area contributed by atoms with Gasteiger partial charge < -0.3 is 9.73 Å². The molecule has 4 aromatic rings. The van der Waals surface area contributed by atoms with E-state index in [-0.39, 0.29) is 12.1 Å². The Labute approximate surface area is 172 Å². The molecule has 2 aromatic carbocycles. The van der Waals surface area contributed by atoms with E-state index in [2.05, 4.69) is 20.5 Å². The number of oxazole rings is 1. The number of aromatic nitrogens is 3. The Bertz CT molecular complexity index is 1230. The molecule has 0 saturated carbocycles. The lowest BCUT2D eigenvalue weighted by atomic mass is 9.95. The van der Waals surface area contributed by atoms with Crippen molar-refractivity contribution < 1.29 is 9.21 Å². The smallest absolute Gasteiger partial charge is 0.277 e. The summed E-state index contributed by atoms with van der Waals surface area (Å²) in [6.07, 6.45) is 0. The molecule has 0 bridgehead atoms. The van der Waals surface area contributed by atoms with Crippen LogP contribution in [0.1, 0.15) is 27.7 Å². The summed E-state index contributed by atoms with van der Waals surface area (Å²) >= 11 is 0. The first-order valence-corrected chi connectivity index (χ1v) is 9.49. The third-order valence-electron chi connectivity index (χ3n) is 4.79. The molecule has 0 spiro atoms. The second kappa shape index (κ2) is 8.16. The zero-order valence-electron chi connectivity index (χ0n) is 16.6. The third kappa shape index (κ3) is 3.77. The fourth-order valence-corrected chi connectivity index (χ4v) is 3.22. The van der Waals surface area contributed by atoms with E-state index in [1.54, 1.807) is 6.92 Å². The second-order valence-electron chi connectivity index (χ2n) is 6.82. The van der Waals surface area contributed by atoms with Gasteiger partial charge in [0.05, 0.1) is 17.9 Å². The van der Waals surface area contributed by atoms with Gasteiger partial charge in [0.25, 0.3) is 11.5 Å². The molecule has 2 N–H and O–H groups in total. The van der Waals surface area contributed by atoms with Gasteiger partial charge in [-0.05, 0) is 19.4 Å². The summed E-state index contributed by atoms with van der Waals surface area (Å²) in [5.41, 5.74) is 2.71. The highest BCUT2D eigenvalue weighted by atomic mass is 16.4. The quantitative estimate of drug-likeness (QED) is 0.533. The summed E-state index contributed by atoms with van der Waals surface area (Å²) in [4.78, 5) is 30.0. The van der Waals surface area contributed by atoms with Gasteiger partial charge in [-0.25, -0.2) is 10.1 Å². The number of carbonyl (C=O) groups is 1. The average molecular weight is 400 g/mol. The van der Waals surface area contributed by atoms with Crippen LogP contribution in [0.2, 0.25) is 0 Å². The molecule has 4 rings (SSSR count). The van der Waals surface area contributed by atoms with Crippen LogP contribution in [0.25, 0.3) is 22.4 Å². The number of aromatic amines is 1. The number of nitrogens with one attached hydrogen (secondary N) is 2. The van der Waals surface area contributed by atoms with Crippen molar-refractivity contribution in [3.63, 3.8) is 0 Å². The van der Waals surface area contributed by atoms with Gasteiger partial charge in [-0.1, -0.05) is 60.7 Å². The SMILES string of the molecule is Cc1nc(CNC(=O)c2c(-c3ccccc3)c(-c3ccccc3)n[nH]c2=O)oc1C. The molecule has 1 amide bonds. The molecule has 2 aromatic heterocycles. The summed E-state index contributed by atoms with van der Waals surface area (Å²) < 4.78 is 5.51. The molecule has 0 aliphatic carbocycles. The monoisotopic (exact) mass is 400 g/mol. The van der Waals surface area contributed by atoms with Crippen molar-refractivity contribution >= 4 is 5.91 Å². The minimum atomic E-state index is -0.564. The van der Waals surface area contributed by atoms with Gasteiger partial charge in [0, 0.05) is 11.1 Å².